The van der Waals surface area contributed by atoms with Crippen molar-refractivity contribution < 1.29 is 39.6 Å². The Labute approximate surface area is 224 Å². The maximum absolute atomic E-state index is 10.2. The molecule has 0 bridgehead atoms. The second-order valence-electron chi connectivity index (χ2n) is 8.78. The van der Waals surface area contributed by atoms with Crippen LogP contribution in [-0.4, -0.2) is 87.0 Å². The Morgan fingerprint density at radius 3 is 1.41 bits per heavy atom. The Bertz CT molecular complexity index is 614. The third kappa shape index (κ3) is 32.0. The second kappa shape index (κ2) is 27.1. The number of hydrogen-bond acceptors (Lipinski definition) is 10. The largest absolute Gasteiger partial charge is 0.480 e. The SMILES string of the molecule is CC(C)CC(N)C(=O)O.CCC(C)C(N)C(=O)O.CSCCC(N)C(=O)O.NCCCCC(N)C(=O)O. The molecule has 0 aromatic carbocycles. The molecule has 0 saturated heterocycles. The zero-order chi connectivity index (χ0) is 30.1. The molecule has 0 heterocycles. The lowest BCUT2D eigenvalue weighted by molar-refractivity contribution is -0.140. The molecule has 0 saturated carbocycles. The van der Waals surface area contributed by atoms with Crippen LogP contribution < -0.4 is 28.7 Å². The maximum atomic E-state index is 10.2. The lowest BCUT2D eigenvalue weighted by atomic mass is 10.0. The van der Waals surface area contributed by atoms with E-state index in [1.54, 1.807) is 11.8 Å². The number of carbonyl (C=O) groups is 4. The molecular formula is C23H51N5O8S. The van der Waals surface area contributed by atoms with E-state index < -0.39 is 48.0 Å². The minimum atomic E-state index is -0.933. The minimum Gasteiger partial charge on any atom is -0.480 e. The highest BCUT2D eigenvalue weighted by Gasteiger charge is 2.17. The van der Waals surface area contributed by atoms with Gasteiger partial charge in [-0.25, -0.2) is 0 Å². The number of carboxylic acids is 4. The molecule has 0 aromatic heterocycles. The van der Waals surface area contributed by atoms with Crippen LogP contribution in [-0.2, 0) is 19.2 Å². The number of aliphatic carboxylic acids is 4. The second-order valence-corrected chi connectivity index (χ2v) is 9.76. The Hall–Kier alpha value is -1.97. The van der Waals surface area contributed by atoms with E-state index in [1.165, 1.54) is 0 Å². The molecule has 14 N–H and O–H groups in total. The topological polar surface area (TPSA) is 279 Å². The molecule has 5 unspecified atom stereocenters. The van der Waals surface area contributed by atoms with E-state index in [2.05, 4.69) is 0 Å². The van der Waals surface area contributed by atoms with Gasteiger partial charge in [-0.05, 0) is 56.1 Å². The first-order valence-electron chi connectivity index (χ1n) is 12.1. The highest BCUT2D eigenvalue weighted by molar-refractivity contribution is 7.98. The molecule has 37 heavy (non-hydrogen) atoms. The van der Waals surface area contributed by atoms with E-state index in [0.29, 0.717) is 31.7 Å². The van der Waals surface area contributed by atoms with Crippen molar-refractivity contribution in [2.75, 3.05) is 18.6 Å². The summed E-state index contributed by atoms with van der Waals surface area (Å²) in [7, 11) is 0. The molecule has 0 aromatic rings. The first-order chi connectivity index (χ1) is 17.0. The number of rotatable bonds is 15. The quantitative estimate of drug-likeness (QED) is 0.124. The summed E-state index contributed by atoms with van der Waals surface area (Å²) in [6.07, 6.45) is 6.01. The molecular weight excluding hydrogens is 506 g/mol. The maximum Gasteiger partial charge on any atom is 0.320 e. The number of nitrogens with two attached hydrogens (primary N) is 5. The van der Waals surface area contributed by atoms with Crippen LogP contribution in [0, 0.1) is 11.8 Å². The van der Waals surface area contributed by atoms with E-state index in [1.807, 2.05) is 34.0 Å². The summed E-state index contributed by atoms with van der Waals surface area (Å²) in [5.41, 5.74) is 26.1. The van der Waals surface area contributed by atoms with E-state index in [0.717, 1.165) is 25.0 Å². The standard InChI is InChI=1S/C6H14N2O2.2C6H13NO2.C5H11NO2S/c7-4-2-1-3-5(8)6(9)10;1-4(2)3-5(7)6(8)9;1-3-4(2)5(7)6(8)9;1-9-3-2-4(6)5(7)8/h5H,1-4,7-8H2,(H,9,10);2*4-5H,3,7H2,1-2H3,(H,8,9);4H,2-3,6H2,1H3,(H,7,8). The molecule has 13 nitrogen and oxygen atoms in total. The fourth-order valence-electron chi connectivity index (χ4n) is 2.11. The molecule has 0 spiro atoms. The zero-order valence-corrected chi connectivity index (χ0v) is 23.7. The fraction of sp³-hybridized carbons (Fsp3) is 0.826. The molecule has 0 rings (SSSR count). The normalized spacial score (nSPS) is 14.1. The average molecular weight is 558 g/mol. The van der Waals surface area contributed by atoms with Crippen molar-refractivity contribution >= 4 is 35.6 Å². The number of carboxylic acid groups (broad SMARTS) is 4. The Balaban J connectivity index is -0.000000196. The van der Waals surface area contributed by atoms with Gasteiger partial charge in [0.25, 0.3) is 0 Å². The molecule has 0 aliphatic rings. The summed E-state index contributed by atoms with van der Waals surface area (Å²) in [6, 6.07) is -2.79. The zero-order valence-electron chi connectivity index (χ0n) is 22.8. The summed E-state index contributed by atoms with van der Waals surface area (Å²) in [5, 5.41) is 33.3. The molecule has 0 aliphatic heterocycles. The van der Waals surface area contributed by atoms with Gasteiger partial charge >= 0.3 is 23.9 Å². The van der Waals surface area contributed by atoms with Gasteiger partial charge in [0.2, 0.25) is 0 Å². The lowest BCUT2D eigenvalue weighted by Crippen LogP contribution is -2.36. The van der Waals surface area contributed by atoms with Gasteiger partial charge < -0.3 is 49.1 Å². The monoisotopic (exact) mass is 557 g/mol. The molecule has 0 aliphatic carbocycles. The summed E-state index contributed by atoms with van der Waals surface area (Å²) in [6.45, 7) is 8.25. The van der Waals surface area contributed by atoms with Crippen LogP contribution in [0.1, 0.15) is 66.2 Å². The molecule has 0 radical (unpaired) electrons. The van der Waals surface area contributed by atoms with Crippen molar-refractivity contribution in [3.8, 4) is 0 Å². The molecule has 5 atom stereocenters. The van der Waals surface area contributed by atoms with Crippen molar-refractivity contribution in [2.24, 2.45) is 40.5 Å². The molecule has 14 heteroatoms. The predicted octanol–water partition coefficient (Wildman–Crippen LogP) is 0.568. The fourth-order valence-corrected chi connectivity index (χ4v) is 2.60. The van der Waals surface area contributed by atoms with Crippen LogP contribution in [0.3, 0.4) is 0 Å². The number of thioether (sulfide) groups is 1. The number of hydrogen-bond donors (Lipinski definition) is 9. The van der Waals surface area contributed by atoms with Gasteiger partial charge in [0, 0.05) is 0 Å². The van der Waals surface area contributed by atoms with Gasteiger partial charge in [-0.15, -0.1) is 0 Å². The third-order valence-corrected chi connectivity index (χ3v) is 5.47. The molecule has 0 fully saturated rings. The van der Waals surface area contributed by atoms with Crippen molar-refractivity contribution in [3.63, 3.8) is 0 Å². The first kappa shape index (κ1) is 42.1. The van der Waals surface area contributed by atoms with Crippen LogP contribution in [0.2, 0.25) is 0 Å². The van der Waals surface area contributed by atoms with Crippen LogP contribution in [0.15, 0.2) is 0 Å². The van der Waals surface area contributed by atoms with E-state index in [4.69, 9.17) is 49.1 Å². The Morgan fingerprint density at radius 1 is 0.730 bits per heavy atom. The molecule has 0 amide bonds. The summed E-state index contributed by atoms with van der Waals surface area (Å²) in [4.78, 5) is 40.5. The van der Waals surface area contributed by atoms with Gasteiger partial charge in [0.1, 0.15) is 24.2 Å². The van der Waals surface area contributed by atoms with Crippen molar-refractivity contribution in [2.45, 2.75) is 90.4 Å². The van der Waals surface area contributed by atoms with E-state index >= 15 is 0 Å². The van der Waals surface area contributed by atoms with Crippen molar-refractivity contribution in [1.82, 2.24) is 0 Å². The van der Waals surface area contributed by atoms with E-state index in [-0.39, 0.29) is 5.92 Å². The van der Waals surface area contributed by atoms with Crippen LogP contribution in [0.4, 0.5) is 0 Å². The van der Waals surface area contributed by atoms with Crippen molar-refractivity contribution in [1.29, 1.82) is 0 Å². The average Bonchev–Trinajstić information content (AvgIpc) is 2.81. The first-order valence-corrected chi connectivity index (χ1v) is 13.5. The van der Waals surface area contributed by atoms with Crippen LogP contribution in [0.5, 0.6) is 0 Å². The van der Waals surface area contributed by atoms with Gasteiger partial charge in [-0.3, -0.25) is 19.2 Å². The highest BCUT2D eigenvalue weighted by Crippen LogP contribution is 2.04. The minimum absolute atomic E-state index is 0.0718. The van der Waals surface area contributed by atoms with Gasteiger partial charge in [0.05, 0.1) is 0 Å². The van der Waals surface area contributed by atoms with Gasteiger partial charge in [-0.1, -0.05) is 40.5 Å². The number of unbranched alkanes of at least 4 members (excludes halogenated alkanes) is 1. The summed E-state index contributed by atoms with van der Waals surface area (Å²) < 4.78 is 0. The third-order valence-electron chi connectivity index (χ3n) is 4.82. The van der Waals surface area contributed by atoms with Crippen LogP contribution in [0.25, 0.3) is 0 Å². The van der Waals surface area contributed by atoms with Crippen molar-refractivity contribution in [3.05, 3.63) is 0 Å². The Kier molecular flexibility index (Phi) is 30.8. The van der Waals surface area contributed by atoms with Crippen LogP contribution >= 0.6 is 11.8 Å². The van der Waals surface area contributed by atoms with Gasteiger partial charge in [0.15, 0.2) is 0 Å². The lowest BCUT2D eigenvalue weighted by Gasteiger charge is -2.11. The summed E-state index contributed by atoms with van der Waals surface area (Å²) in [5.74, 6) is -2.43. The smallest absolute Gasteiger partial charge is 0.320 e. The highest BCUT2D eigenvalue weighted by atomic mass is 32.2. The Morgan fingerprint density at radius 2 is 1.16 bits per heavy atom. The summed E-state index contributed by atoms with van der Waals surface area (Å²) >= 11 is 1.60. The van der Waals surface area contributed by atoms with E-state index in [9.17, 15) is 19.2 Å². The van der Waals surface area contributed by atoms with Gasteiger partial charge in [-0.2, -0.15) is 11.8 Å². The predicted molar refractivity (Wildman–Crippen MR) is 147 cm³/mol. The molecule has 222 valence electrons.